The molecule has 1 fully saturated rings. The minimum atomic E-state index is -4.95. The molecule has 0 spiro atoms. The van der Waals surface area contributed by atoms with Crippen LogP contribution in [-0.4, -0.2) is 59.0 Å². The number of rotatable bonds is 4. The number of nitrogens with one attached hydrogen (secondary N) is 2. The standard InChI is InChI=1S/C23H19F4N7O2/c1-33-2-4-34(5-3-33)19-8-17(24)14(13-10-29-20(9-28)30-11-13)6-18(19)32-22(36)15-12-31-21(35)7-16(15)23(25,26)27/h6-8,10-12H,2-5H2,1H3,(H,31,35)(H,32,36). The molecule has 9 nitrogen and oxygen atoms in total. The summed E-state index contributed by atoms with van der Waals surface area (Å²) < 4.78 is 55.7. The van der Waals surface area contributed by atoms with Crippen LogP contribution in [0.1, 0.15) is 21.7 Å². The molecule has 1 aliphatic rings. The fraction of sp³-hybridized carbons (Fsp3) is 0.261. The average Bonchev–Trinajstić information content (AvgIpc) is 2.85. The molecular formula is C23H19F4N7O2. The number of benzene rings is 1. The summed E-state index contributed by atoms with van der Waals surface area (Å²) in [4.78, 5) is 38.0. The SMILES string of the molecule is CN1CCN(c2cc(F)c(-c3cnc(C#N)nc3)cc2NC(=O)c2c[nH]c(=O)cc2C(F)(F)F)CC1. The number of nitriles is 1. The molecule has 0 atom stereocenters. The van der Waals surface area contributed by atoms with Crippen molar-refractivity contribution in [2.75, 3.05) is 43.4 Å². The highest BCUT2D eigenvalue weighted by Crippen LogP contribution is 2.36. The highest BCUT2D eigenvalue weighted by atomic mass is 19.4. The molecule has 0 saturated carbocycles. The number of hydrogen-bond donors (Lipinski definition) is 2. The summed E-state index contributed by atoms with van der Waals surface area (Å²) in [5.41, 5.74) is -2.68. The van der Waals surface area contributed by atoms with Crippen molar-refractivity contribution in [2.45, 2.75) is 6.18 Å². The van der Waals surface area contributed by atoms with E-state index < -0.39 is 34.6 Å². The Morgan fingerprint density at radius 1 is 1.14 bits per heavy atom. The monoisotopic (exact) mass is 501 g/mol. The molecule has 3 aromatic rings. The van der Waals surface area contributed by atoms with Gasteiger partial charge in [-0.15, -0.1) is 0 Å². The van der Waals surface area contributed by atoms with Gasteiger partial charge in [0.2, 0.25) is 11.4 Å². The van der Waals surface area contributed by atoms with Crippen LogP contribution in [0.2, 0.25) is 0 Å². The van der Waals surface area contributed by atoms with Crippen molar-refractivity contribution in [1.82, 2.24) is 19.9 Å². The predicted molar refractivity (Wildman–Crippen MR) is 122 cm³/mol. The number of alkyl halides is 3. The number of anilines is 2. The lowest BCUT2D eigenvalue weighted by Crippen LogP contribution is -2.44. The van der Waals surface area contributed by atoms with Gasteiger partial charge >= 0.3 is 6.18 Å². The van der Waals surface area contributed by atoms with Crippen LogP contribution in [0.3, 0.4) is 0 Å². The first-order chi connectivity index (χ1) is 17.1. The summed E-state index contributed by atoms with van der Waals surface area (Å²) in [6, 6.07) is 4.53. The van der Waals surface area contributed by atoms with Gasteiger partial charge in [-0.05, 0) is 19.2 Å². The highest BCUT2D eigenvalue weighted by Gasteiger charge is 2.36. The number of aromatic amines is 1. The average molecular weight is 501 g/mol. The second kappa shape index (κ2) is 9.74. The van der Waals surface area contributed by atoms with E-state index in [-0.39, 0.29) is 28.3 Å². The molecule has 1 amide bonds. The van der Waals surface area contributed by atoms with Crippen molar-refractivity contribution in [3.8, 4) is 17.2 Å². The van der Waals surface area contributed by atoms with Gasteiger partial charge < -0.3 is 20.1 Å². The number of amides is 1. The van der Waals surface area contributed by atoms with E-state index in [0.717, 1.165) is 0 Å². The number of halogens is 4. The normalized spacial score (nSPS) is 14.4. The van der Waals surface area contributed by atoms with E-state index >= 15 is 4.39 Å². The summed E-state index contributed by atoms with van der Waals surface area (Å²) in [7, 11) is 1.92. The van der Waals surface area contributed by atoms with E-state index in [1.54, 1.807) is 6.07 Å². The van der Waals surface area contributed by atoms with Crippen molar-refractivity contribution in [3.63, 3.8) is 0 Å². The quantitative estimate of drug-likeness (QED) is 0.528. The van der Waals surface area contributed by atoms with Crippen LogP contribution in [0.25, 0.3) is 11.1 Å². The Hall–Kier alpha value is -4.31. The Morgan fingerprint density at radius 3 is 2.42 bits per heavy atom. The minimum Gasteiger partial charge on any atom is -0.367 e. The summed E-state index contributed by atoms with van der Waals surface area (Å²) in [5.74, 6) is -1.93. The summed E-state index contributed by atoms with van der Waals surface area (Å²) in [6.45, 7) is 2.28. The molecule has 2 aromatic heterocycles. The van der Waals surface area contributed by atoms with E-state index in [1.807, 2.05) is 11.9 Å². The Kier molecular flexibility index (Phi) is 6.71. The second-order valence-electron chi connectivity index (χ2n) is 8.12. The third-order valence-corrected chi connectivity index (χ3v) is 5.71. The first-order valence-electron chi connectivity index (χ1n) is 10.7. The summed E-state index contributed by atoms with van der Waals surface area (Å²) in [5, 5.41) is 11.3. The molecule has 0 bridgehead atoms. The number of hydrogen-bond acceptors (Lipinski definition) is 7. The van der Waals surface area contributed by atoms with Crippen LogP contribution in [-0.2, 0) is 6.18 Å². The largest absolute Gasteiger partial charge is 0.417 e. The molecular weight excluding hydrogens is 482 g/mol. The van der Waals surface area contributed by atoms with Crippen LogP contribution in [0.15, 0.2) is 41.6 Å². The minimum absolute atomic E-state index is 0.0230. The van der Waals surface area contributed by atoms with Gasteiger partial charge in [0, 0.05) is 62.0 Å². The van der Waals surface area contributed by atoms with Crippen LogP contribution >= 0.6 is 0 Å². The lowest BCUT2D eigenvalue weighted by Gasteiger charge is -2.35. The molecule has 1 saturated heterocycles. The lowest BCUT2D eigenvalue weighted by molar-refractivity contribution is -0.138. The third kappa shape index (κ3) is 5.18. The van der Waals surface area contributed by atoms with Gasteiger partial charge in [0.1, 0.15) is 11.9 Å². The van der Waals surface area contributed by atoms with Crippen molar-refractivity contribution >= 4 is 17.3 Å². The Labute approximate surface area is 202 Å². The maximum absolute atomic E-state index is 15.2. The first-order valence-corrected chi connectivity index (χ1v) is 10.7. The van der Waals surface area contributed by atoms with Gasteiger partial charge in [0.15, 0.2) is 0 Å². The number of pyridine rings is 1. The zero-order chi connectivity index (χ0) is 26.0. The maximum Gasteiger partial charge on any atom is 0.417 e. The van der Waals surface area contributed by atoms with Gasteiger partial charge in [0.05, 0.1) is 22.5 Å². The molecule has 13 heteroatoms. The van der Waals surface area contributed by atoms with Crippen molar-refractivity contribution in [1.29, 1.82) is 5.26 Å². The summed E-state index contributed by atoms with van der Waals surface area (Å²) >= 11 is 0. The van der Waals surface area contributed by atoms with Gasteiger partial charge in [-0.3, -0.25) is 9.59 Å². The Balaban J connectivity index is 1.79. The van der Waals surface area contributed by atoms with E-state index in [9.17, 15) is 22.8 Å². The van der Waals surface area contributed by atoms with E-state index in [2.05, 4.69) is 25.2 Å². The molecule has 0 aliphatic carbocycles. The molecule has 0 radical (unpaired) electrons. The maximum atomic E-state index is 15.2. The van der Waals surface area contributed by atoms with Crippen LogP contribution in [0, 0.1) is 17.1 Å². The van der Waals surface area contributed by atoms with Crippen molar-refractivity contribution in [3.05, 3.63) is 69.9 Å². The number of carbonyl (C=O) groups is 1. The molecule has 1 aromatic carbocycles. The topological polar surface area (TPSA) is 118 Å². The molecule has 1 aliphatic heterocycles. The van der Waals surface area contributed by atoms with Gasteiger partial charge in [-0.25, -0.2) is 14.4 Å². The van der Waals surface area contributed by atoms with Crippen molar-refractivity contribution < 1.29 is 22.4 Å². The fourth-order valence-corrected chi connectivity index (χ4v) is 3.80. The Bertz CT molecular complexity index is 1390. The smallest absolute Gasteiger partial charge is 0.367 e. The Morgan fingerprint density at radius 2 is 1.81 bits per heavy atom. The number of aromatic nitrogens is 3. The molecule has 2 N–H and O–H groups in total. The summed E-state index contributed by atoms with van der Waals surface area (Å²) in [6.07, 6.45) is -1.80. The van der Waals surface area contributed by atoms with Gasteiger partial charge in [-0.2, -0.15) is 18.4 Å². The van der Waals surface area contributed by atoms with E-state index in [4.69, 9.17) is 5.26 Å². The number of H-pyrrole nitrogens is 1. The lowest BCUT2D eigenvalue weighted by atomic mass is 10.0. The first kappa shape index (κ1) is 24.8. The number of nitrogens with zero attached hydrogens (tertiary/aromatic N) is 5. The molecule has 36 heavy (non-hydrogen) atoms. The van der Waals surface area contributed by atoms with Crippen molar-refractivity contribution in [2.24, 2.45) is 0 Å². The van der Waals surface area contributed by atoms with E-state index in [1.165, 1.54) is 24.5 Å². The second-order valence-corrected chi connectivity index (χ2v) is 8.12. The zero-order valence-electron chi connectivity index (χ0n) is 18.9. The zero-order valence-corrected chi connectivity index (χ0v) is 18.9. The van der Waals surface area contributed by atoms with Crippen LogP contribution in [0.4, 0.5) is 28.9 Å². The molecule has 0 unspecified atom stereocenters. The van der Waals surface area contributed by atoms with Crippen LogP contribution < -0.4 is 15.8 Å². The molecule has 4 rings (SSSR count). The van der Waals surface area contributed by atoms with Gasteiger partial charge in [0.25, 0.3) is 5.91 Å². The van der Waals surface area contributed by atoms with Crippen LogP contribution in [0.5, 0.6) is 0 Å². The molecule has 186 valence electrons. The molecule has 3 heterocycles. The highest BCUT2D eigenvalue weighted by molar-refractivity contribution is 6.07. The number of piperazine rings is 1. The predicted octanol–water partition coefficient (Wildman–Crippen LogP) is 2.87. The third-order valence-electron chi connectivity index (χ3n) is 5.71. The van der Waals surface area contributed by atoms with E-state index in [0.29, 0.717) is 38.4 Å². The number of carbonyl (C=O) groups excluding carboxylic acids is 1. The number of likely N-dealkylation sites (N-methyl/N-ethyl adjacent to an activating group) is 1. The van der Waals surface area contributed by atoms with Gasteiger partial charge in [-0.1, -0.05) is 0 Å². The fourth-order valence-electron chi connectivity index (χ4n) is 3.80.